The Morgan fingerprint density at radius 1 is 1.40 bits per heavy atom. The molecule has 1 heterocycles. The molecule has 1 unspecified atom stereocenters. The minimum atomic E-state index is 0.663. The van der Waals surface area contributed by atoms with Crippen molar-refractivity contribution in [2.45, 2.75) is 26.2 Å². The van der Waals surface area contributed by atoms with Gasteiger partial charge < -0.3 is 10.1 Å². The van der Waals surface area contributed by atoms with Gasteiger partial charge in [0.25, 0.3) is 0 Å². The van der Waals surface area contributed by atoms with Crippen LogP contribution in [0.5, 0.6) is 5.75 Å². The molecule has 0 spiro atoms. The molecule has 0 bridgehead atoms. The third-order valence-electron chi connectivity index (χ3n) is 3.23. The molecule has 0 radical (unpaired) electrons. The molecule has 1 N–H and O–H groups in total. The van der Waals surface area contributed by atoms with Gasteiger partial charge in [0.2, 0.25) is 0 Å². The average Bonchev–Trinajstić information content (AvgIpc) is 2.27. The quantitative estimate of drug-likeness (QED) is 0.800. The third-order valence-corrected chi connectivity index (χ3v) is 3.23. The van der Waals surface area contributed by atoms with E-state index in [1.165, 1.54) is 17.7 Å². The van der Waals surface area contributed by atoms with Gasteiger partial charge in [-0.15, -0.1) is 0 Å². The zero-order valence-corrected chi connectivity index (χ0v) is 9.71. The van der Waals surface area contributed by atoms with Gasteiger partial charge in [0.05, 0.1) is 7.11 Å². The van der Waals surface area contributed by atoms with E-state index < -0.39 is 0 Å². The number of fused-ring (bicyclic) bond motifs is 1. The van der Waals surface area contributed by atoms with Crippen LogP contribution in [0.3, 0.4) is 0 Å². The van der Waals surface area contributed by atoms with Crippen molar-refractivity contribution in [1.82, 2.24) is 0 Å². The highest BCUT2D eigenvalue weighted by Crippen LogP contribution is 2.38. The summed E-state index contributed by atoms with van der Waals surface area (Å²) in [5.41, 5.74) is 2.69. The molecule has 0 fully saturated rings. The lowest BCUT2D eigenvalue weighted by Gasteiger charge is -2.29. The van der Waals surface area contributed by atoms with Crippen LogP contribution in [-0.2, 0) is 0 Å². The van der Waals surface area contributed by atoms with Gasteiger partial charge in [-0.3, -0.25) is 0 Å². The molecule has 0 aromatic heterocycles. The summed E-state index contributed by atoms with van der Waals surface area (Å²) in [6.45, 7) is 5.67. The second-order valence-electron chi connectivity index (χ2n) is 4.52. The third kappa shape index (κ3) is 1.94. The minimum absolute atomic E-state index is 0.663. The van der Waals surface area contributed by atoms with Gasteiger partial charge in [-0.2, -0.15) is 0 Å². The van der Waals surface area contributed by atoms with Gasteiger partial charge >= 0.3 is 0 Å². The number of benzene rings is 1. The summed E-state index contributed by atoms with van der Waals surface area (Å²) in [6.07, 6.45) is 1.22. The molecule has 82 valence electrons. The number of ether oxygens (including phenoxy) is 1. The molecule has 0 saturated carbocycles. The predicted molar refractivity (Wildman–Crippen MR) is 63.7 cm³/mol. The van der Waals surface area contributed by atoms with Crippen molar-refractivity contribution in [2.75, 3.05) is 19.0 Å². The van der Waals surface area contributed by atoms with Crippen molar-refractivity contribution >= 4 is 5.69 Å². The fraction of sp³-hybridized carbons (Fsp3) is 0.538. The topological polar surface area (TPSA) is 21.3 Å². The fourth-order valence-corrected chi connectivity index (χ4v) is 2.35. The van der Waals surface area contributed by atoms with Crippen molar-refractivity contribution in [3.63, 3.8) is 0 Å². The molecule has 0 saturated heterocycles. The van der Waals surface area contributed by atoms with Crippen LogP contribution in [0.2, 0.25) is 0 Å². The normalized spacial score (nSPS) is 19.6. The summed E-state index contributed by atoms with van der Waals surface area (Å²) < 4.78 is 5.28. The Balaban J connectivity index is 2.39. The number of rotatable bonds is 2. The van der Waals surface area contributed by atoms with E-state index in [2.05, 4.69) is 31.3 Å². The van der Waals surface area contributed by atoms with E-state index in [9.17, 15) is 0 Å². The lowest BCUT2D eigenvalue weighted by atomic mass is 9.82. The van der Waals surface area contributed by atoms with Gasteiger partial charge in [-0.25, -0.2) is 0 Å². The maximum Gasteiger partial charge on any atom is 0.119 e. The molecule has 1 aliphatic heterocycles. The van der Waals surface area contributed by atoms with Crippen LogP contribution in [0.1, 0.15) is 31.7 Å². The lowest BCUT2D eigenvalue weighted by molar-refractivity contribution is 0.410. The Bertz CT molecular complexity index is 346. The van der Waals surface area contributed by atoms with Crippen LogP contribution in [0, 0.1) is 5.92 Å². The maximum atomic E-state index is 5.28. The summed E-state index contributed by atoms with van der Waals surface area (Å²) >= 11 is 0. The van der Waals surface area contributed by atoms with E-state index in [1.807, 2.05) is 6.07 Å². The molecule has 1 aromatic carbocycles. The largest absolute Gasteiger partial charge is 0.497 e. The van der Waals surface area contributed by atoms with E-state index in [-0.39, 0.29) is 0 Å². The van der Waals surface area contributed by atoms with E-state index in [4.69, 9.17) is 4.74 Å². The first kappa shape index (κ1) is 10.3. The first-order chi connectivity index (χ1) is 7.22. The molecule has 2 nitrogen and oxygen atoms in total. The van der Waals surface area contributed by atoms with E-state index in [1.54, 1.807) is 7.11 Å². The number of nitrogens with one attached hydrogen (secondary N) is 1. The summed E-state index contributed by atoms with van der Waals surface area (Å²) in [4.78, 5) is 0. The Labute approximate surface area is 91.6 Å². The van der Waals surface area contributed by atoms with Gasteiger partial charge in [-0.1, -0.05) is 13.8 Å². The van der Waals surface area contributed by atoms with Crippen LogP contribution < -0.4 is 10.1 Å². The van der Waals surface area contributed by atoms with Crippen LogP contribution in [0.15, 0.2) is 18.2 Å². The van der Waals surface area contributed by atoms with Crippen molar-refractivity contribution < 1.29 is 4.74 Å². The van der Waals surface area contributed by atoms with Crippen molar-refractivity contribution in [3.8, 4) is 5.75 Å². The van der Waals surface area contributed by atoms with E-state index in [0.29, 0.717) is 11.8 Å². The van der Waals surface area contributed by atoms with Crippen molar-refractivity contribution in [1.29, 1.82) is 0 Å². The van der Waals surface area contributed by atoms with Gasteiger partial charge in [0.1, 0.15) is 5.75 Å². The molecular formula is C13H19NO. The summed E-state index contributed by atoms with van der Waals surface area (Å²) in [5.74, 6) is 2.32. The van der Waals surface area contributed by atoms with Crippen molar-refractivity contribution in [2.24, 2.45) is 5.92 Å². The summed E-state index contributed by atoms with van der Waals surface area (Å²) in [7, 11) is 1.72. The zero-order chi connectivity index (χ0) is 10.8. The first-order valence-corrected chi connectivity index (χ1v) is 5.64. The maximum absolute atomic E-state index is 5.28. The van der Waals surface area contributed by atoms with Gasteiger partial charge in [-0.05, 0) is 42.0 Å². The molecule has 1 atom stereocenters. The highest BCUT2D eigenvalue weighted by atomic mass is 16.5. The monoisotopic (exact) mass is 205 g/mol. The second kappa shape index (κ2) is 4.13. The molecule has 15 heavy (non-hydrogen) atoms. The summed E-state index contributed by atoms with van der Waals surface area (Å²) in [6, 6.07) is 6.32. The van der Waals surface area contributed by atoms with Gasteiger partial charge in [0, 0.05) is 12.2 Å². The molecule has 2 rings (SSSR count). The van der Waals surface area contributed by atoms with Crippen molar-refractivity contribution in [3.05, 3.63) is 23.8 Å². The Hall–Kier alpha value is -1.18. The molecule has 0 aliphatic carbocycles. The first-order valence-electron chi connectivity index (χ1n) is 5.64. The second-order valence-corrected chi connectivity index (χ2v) is 4.52. The Morgan fingerprint density at radius 3 is 2.87 bits per heavy atom. The lowest BCUT2D eigenvalue weighted by Crippen LogP contribution is -2.20. The van der Waals surface area contributed by atoms with Gasteiger partial charge in [0.15, 0.2) is 0 Å². The van der Waals surface area contributed by atoms with Crippen LogP contribution in [-0.4, -0.2) is 13.7 Å². The van der Waals surface area contributed by atoms with E-state index >= 15 is 0 Å². The molecular weight excluding hydrogens is 186 g/mol. The zero-order valence-electron chi connectivity index (χ0n) is 9.71. The Kier molecular flexibility index (Phi) is 2.85. The minimum Gasteiger partial charge on any atom is -0.497 e. The Morgan fingerprint density at radius 2 is 2.20 bits per heavy atom. The van der Waals surface area contributed by atoms with Crippen LogP contribution in [0.25, 0.3) is 0 Å². The number of hydrogen-bond donors (Lipinski definition) is 1. The highest BCUT2D eigenvalue weighted by molar-refractivity contribution is 5.57. The molecule has 0 amide bonds. The average molecular weight is 205 g/mol. The van der Waals surface area contributed by atoms with E-state index in [0.717, 1.165) is 12.3 Å². The molecule has 2 heteroatoms. The fourth-order valence-electron chi connectivity index (χ4n) is 2.35. The predicted octanol–water partition coefficient (Wildman–Crippen LogP) is 3.25. The van der Waals surface area contributed by atoms with Crippen LogP contribution in [0.4, 0.5) is 5.69 Å². The molecule has 1 aromatic rings. The highest BCUT2D eigenvalue weighted by Gasteiger charge is 2.22. The SMILES string of the molecule is COc1ccc2c(c1)C(C(C)C)CCN2. The summed E-state index contributed by atoms with van der Waals surface area (Å²) in [5, 5.41) is 3.44. The number of anilines is 1. The number of hydrogen-bond acceptors (Lipinski definition) is 2. The number of methoxy groups -OCH3 is 1. The standard InChI is InChI=1S/C13H19NO/c1-9(2)11-6-7-14-13-5-4-10(15-3)8-12(11)13/h4-5,8-9,11,14H,6-7H2,1-3H3. The van der Waals surface area contributed by atoms with Crippen LogP contribution >= 0.6 is 0 Å². The smallest absolute Gasteiger partial charge is 0.119 e. The molecule has 1 aliphatic rings.